The second kappa shape index (κ2) is 11.6. The maximum Gasteiger partial charge on any atom is 0.458 e. The molecule has 228 valence electrons. The van der Waals surface area contributed by atoms with Crippen molar-refractivity contribution in [2.45, 2.75) is 38.5 Å². The smallest absolute Gasteiger partial charge is 0.429 e. The first kappa shape index (κ1) is 31.0. The van der Waals surface area contributed by atoms with Gasteiger partial charge in [-0.25, -0.2) is 22.0 Å². The molecular weight excluding hydrogens is 602 g/mol. The Morgan fingerprint density at radius 3 is 2.07 bits per heavy atom. The Morgan fingerprint density at radius 1 is 0.773 bits per heavy atom. The summed E-state index contributed by atoms with van der Waals surface area (Å²) in [5.74, 6) is -5.46. The van der Waals surface area contributed by atoms with Gasteiger partial charge in [0.2, 0.25) is 0 Å². The van der Waals surface area contributed by atoms with Gasteiger partial charge in [0.1, 0.15) is 40.4 Å². The van der Waals surface area contributed by atoms with Crippen LogP contribution in [0.1, 0.15) is 42.9 Å². The molecule has 1 nitrogen and oxygen atoms in total. The predicted molar refractivity (Wildman–Crippen MR) is 144 cm³/mol. The fourth-order valence-electron chi connectivity index (χ4n) is 5.00. The zero-order valence-corrected chi connectivity index (χ0v) is 22.7. The van der Waals surface area contributed by atoms with Crippen LogP contribution in [0.4, 0.5) is 43.9 Å². The minimum Gasteiger partial charge on any atom is -0.429 e. The number of hydrogen-bond acceptors (Lipinski definition) is 1. The molecule has 0 amide bonds. The largest absolute Gasteiger partial charge is 0.458 e. The molecule has 5 rings (SSSR count). The number of benzene rings is 4. The number of halogens is 10. The molecule has 1 aliphatic carbocycles. The van der Waals surface area contributed by atoms with Crippen LogP contribution in [0, 0.1) is 46.8 Å². The molecule has 11 heteroatoms. The van der Waals surface area contributed by atoms with Crippen LogP contribution in [-0.4, -0.2) is 6.18 Å². The first-order valence-corrected chi connectivity index (χ1v) is 13.2. The third-order valence-corrected chi connectivity index (χ3v) is 7.23. The van der Waals surface area contributed by atoms with Gasteiger partial charge in [0.25, 0.3) is 0 Å². The van der Waals surface area contributed by atoms with E-state index in [-0.39, 0.29) is 11.1 Å². The highest BCUT2D eigenvalue weighted by Gasteiger charge is 2.41. The van der Waals surface area contributed by atoms with Gasteiger partial charge in [-0.1, -0.05) is 31.1 Å². The van der Waals surface area contributed by atoms with Gasteiger partial charge in [-0.15, -0.1) is 0 Å². The zero-order chi connectivity index (χ0) is 32.0. The predicted octanol–water partition coefficient (Wildman–Crippen LogP) is 10.4. The average Bonchev–Trinajstić information content (AvgIpc) is 2.91. The van der Waals surface area contributed by atoms with Crippen molar-refractivity contribution in [1.29, 1.82) is 0 Å². The van der Waals surface area contributed by atoms with Crippen molar-refractivity contribution < 1.29 is 48.6 Å². The molecule has 1 aliphatic rings. The molecule has 0 bridgehead atoms. The van der Waals surface area contributed by atoms with Crippen LogP contribution in [-0.2, 0) is 6.11 Å². The lowest BCUT2D eigenvalue weighted by Gasteiger charge is -2.21. The molecule has 44 heavy (non-hydrogen) atoms. The zero-order valence-electron chi connectivity index (χ0n) is 22.7. The van der Waals surface area contributed by atoms with Crippen molar-refractivity contribution in [3.8, 4) is 28.7 Å². The monoisotopic (exact) mass is 622 g/mol. The quantitative estimate of drug-likeness (QED) is 0.159. The summed E-state index contributed by atoms with van der Waals surface area (Å²) < 4.78 is 146. The lowest BCUT2D eigenvalue weighted by molar-refractivity contribution is -0.189. The van der Waals surface area contributed by atoms with Crippen LogP contribution in [0.2, 0.25) is 0 Å². The number of ether oxygens (including phenoxy) is 1. The maximum atomic E-state index is 15.0. The lowest BCUT2D eigenvalue weighted by atomic mass is 9.87. The fraction of sp³-hybridized carbons (Fsp3) is 0.212. The van der Waals surface area contributed by atoms with Gasteiger partial charge in [-0.3, -0.25) is 0 Å². The molecule has 0 saturated carbocycles. The molecule has 0 saturated heterocycles. The van der Waals surface area contributed by atoms with E-state index in [1.807, 2.05) is 6.08 Å². The second-order valence-electron chi connectivity index (χ2n) is 10.4. The standard InChI is InChI=1S/C33H20F10O/c1-17-2-4-18(5-3-17)19-6-8-23(26(34)13-19)21-15-28(36)30(29(37)16-21)33(42,43)44-22-7-9-24-20(12-22)14-27(35)25(31(24)38)10-11-32(39,40)41/h4,6-9,12-17H,2-3,5H2,1H3. The van der Waals surface area contributed by atoms with Crippen molar-refractivity contribution in [2.75, 3.05) is 0 Å². The fourth-order valence-corrected chi connectivity index (χ4v) is 5.00. The molecule has 0 spiro atoms. The Bertz CT molecular complexity index is 1840. The van der Waals surface area contributed by atoms with E-state index in [9.17, 15) is 30.7 Å². The van der Waals surface area contributed by atoms with Crippen LogP contribution < -0.4 is 4.74 Å². The van der Waals surface area contributed by atoms with Gasteiger partial charge in [0.05, 0.1) is 5.56 Å². The summed E-state index contributed by atoms with van der Waals surface area (Å²) in [6.07, 6.45) is -5.16. The van der Waals surface area contributed by atoms with E-state index >= 15 is 13.2 Å². The molecule has 0 heterocycles. The van der Waals surface area contributed by atoms with Gasteiger partial charge in [-0.2, -0.15) is 22.0 Å². The summed E-state index contributed by atoms with van der Waals surface area (Å²) in [7, 11) is 0. The van der Waals surface area contributed by atoms with E-state index < -0.39 is 69.0 Å². The highest BCUT2D eigenvalue weighted by Crippen LogP contribution is 2.39. The van der Waals surface area contributed by atoms with Gasteiger partial charge in [0.15, 0.2) is 0 Å². The van der Waals surface area contributed by atoms with Gasteiger partial charge in [-0.05, 0) is 89.7 Å². The van der Waals surface area contributed by atoms with Crippen LogP contribution >= 0.6 is 0 Å². The summed E-state index contributed by atoms with van der Waals surface area (Å²) in [6.45, 7) is 2.10. The summed E-state index contributed by atoms with van der Waals surface area (Å²) >= 11 is 0. The van der Waals surface area contributed by atoms with Gasteiger partial charge < -0.3 is 4.74 Å². The normalized spacial score (nSPS) is 15.5. The minimum absolute atomic E-state index is 0.218. The number of fused-ring (bicyclic) bond motifs is 1. The van der Waals surface area contributed by atoms with Crippen molar-refractivity contribution in [1.82, 2.24) is 0 Å². The van der Waals surface area contributed by atoms with Crippen LogP contribution in [0.3, 0.4) is 0 Å². The third-order valence-electron chi connectivity index (χ3n) is 7.23. The van der Waals surface area contributed by atoms with Crippen LogP contribution in [0.15, 0.2) is 60.7 Å². The molecule has 0 aromatic heterocycles. The molecule has 0 fully saturated rings. The Kier molecular flexibility index (Phi) is 8.14. The van der Waals surface area contributed by atoms with Crippen molar-refractivity contribution in [3.63, 3.8) is 0 Å². The highest BCUT2D eigenvalue weighted by atomic mass is 19.4. The lowest BCUT2D eigenvalue weighted by Crippen LogP contribution is -2.25. The summed E-state index contributed by atoms with van der Waals surface area (Å²) in [5.41, 5.74) is -2.00. The summed E-state index contributed by atoms with van der Waals surface area (Å²) in [5, 5.41) is -0.878. The van der Waals surface area contributed by atoms with Crippen LogP contribution in [0.5, 0.6) is 5.75 Å². The Labute approximate surface area is 244 Å². The van der Waals surface area contributed by atoms with Crippen molar-refractivity contribution >= 4 is 16.3 Å². The number of alkyl halides is 5. The van der Waals surface area contributed by atoms with E-state index in [0.717, 1.165) is 42.9 Å². The molecule has 0 N–H and O–H groups in total. The first-order chi connectivity index (χ1) is 20.6. The van der Waals surface area contributed by atoms with Gasteiger partial charge in [0, 0.05) is 16.9 Å². The maximum absolute atomic E-state index is 15.0. The molecule has 4 aromatic rings. The molecule has 4 aromatic carbocycles. The second-order valence-corrected chi connectivity index (χ2v) is 10.4. The van der Waals surface area contributed by atoms with E-state index in [1.165, 1.54) is 18.1 Å². The Balaban J connectivity index is 1.43. The van der Waals surface area contributed by atoms with E-state index in [4.69, 9.17) is 0 Å². The third kappa shape index (κ3) is 6.39. The molecule has 1 unspecified atom stereocenters. The highest BCUT2D eigenvalue weighted by molar-refractivity contribution is 5.86. The van der Waals surface area contributed by atoms with Crippen molar-refractivity contribution in [2.24, 2.45) is 5.92 Å². The van der Waals surface area contributed by atoms with E-state index in [0.29, 0.717) is 35.7 Å². The Hall–Kier alpha value is -4.46. The minimum atomic E-state index is -5.02. The van der Waals surface area contributed by atoms with E-state index in [1.54, 1.807) is 6.07 Å². The number of allylic oxidation sites excluding steroid dienone is 2. The summed E-state index contributed by atoms with van der Waals surface area (Å²) in [6, 6.07) is 7.98. The molecular formula is C33H20F10O. The topological polar surface area (TPSA) is 9.23 Å². The number of hydrogen-bond donors (Lipinski definition) is 0. The van der Waals surface area contributed by atoms with E-state index in [2.05, 4.69) is 11.7 Å². The van der Waals surface area contributed by atoms with Crippen molar-refractivity contribution in [3.05, 3.63) is 106 Å². The SMILES string of the molecule is CC1CC=C(c2ccc(-c3cc(F)c(C(F)(F)Oc4ccc5c(F)c(C#CC(F)(F)F)c(F)cc5c4)c(F)c3)c(F)c2)CC1. The first-order valence-electron chi connectivity index (χ1n) is 13.2. The molecule has 0 aliphatic heterocycles. The van der Waals surface area contributed by atoms with Crippen LogP contribution in [0.25, 0.3) is 27.5 Å². The summed E-state index contributed by atoms with van der Waals surface area (Å²) in [4.78, 5) is 0. The molecule has 0 radical (unpaired) electrons. The Morgan fingerprint density at radius 2 is 1.45 bits per heavy atom. The molecule has 1 atom stereocenters. The number of rotatable bonds is 5. The van der Waals surface area contributed by atoms with Gasteiger partial charge >= 0.3 is 12.3 Å². The average molecular weight is 623 g/mol.